The topological polar surface area (TPSA) is 78.4 Å². The van der Waals surface area contributed by atoms with Crippen molar-refractivity contribution in [1.29, 1.82) is 0 Å². The second-order valence-electron chi connectivity index (χ2n) is 5.76. The molecule has 0 aromatic heterocycles. The summed E-state index contributed by atoms with van der Waals surface area (Å²) in [5.74, 6) is -1.26. The van der Waals surface area contributed by atoms with Crippen LogP contribution in [0.3, 0.4) is 0 Å². The van der Waals surface area contributed by atoms with Gasteiger partial charge in [0.2, 0.25) is 0 Å². The minimum atomic E-state index is -0.805. The van der Waals surface area contributed by atoms with Crippen LogP contribution in [0.4, 0.5) is 4.79 Å². The van der Waals surface area contributed by atoms with Crippen LogP contribution >= 0.6 is 11.8 Å². The van der Waals surface area contributed by atoms with Crippen LogP contribution in [0.1, 0.15) is 52.4 Å². The van der Waals surface area contributed by atoms with Crippen LogP contribution in [-0.2, 0) is 4.79 Å². The minimum absolute atomic E-state index is 0.0656. The van der Waals surface area contributed by atoms with Crippen LogP contribution in [0, 0.1) is 5.92 Å². The Labute approximate surface area is 131 Å². The predicted molar refractivity (Wildman–Crippen MR) is 86.7 cm³/mol. The maximum absolute atomic E-state index is 12.0. The number of hydrogen-bond acceptors (Lipinski definition) is 3. The molecule has 5 nitrogen and oxygen atoms in total. The molecule has 2 unspecified atom stereocenters. The molecule has 2 atom stereocenters. The van der Waals surface area contributed by atoms with Gasteiger partial charge in [-0.2, -0.15) is 11.8 Å². The fraction of sp³-hybridized carbons (Fsp3) is 0.867. The summed E-state index contributed by atoms with van der Waals surface area (Å²) >= 11 is 1.77. The third-order valence-corrected chi connectivity index (χ3v) is 6.28. The molecular formula is C15H28N2O3S. The van der Waals surface area contributed by atoms with Gasteiger partial charge in [-0.3, -0.25) is 4.79 Å². The number of thioether (sulfide) groups is 1. The summed E-state index contributed by atoms with van der Waals surface area (Å²) in [7, 11) is 0. The molecule has 0 aromatic rings. The number of amides is 2. The Morgan fingerprint density at radius 1 is 1.24 bits per heavy atom. The molecule has 1 aliphatic carbocycles. The molecular weight excluding hydrogens is 288 g/mol. The van der Waals surface area contributed by atoms with Crippen molar-refractivity contribution in [1.82, 2.24) is 10.6 Å². The molecule has 0 aliphatic heterocycles. The van der Waals surface area contributed by atoms with Gasteiger partial charge >= 0.3 is 12.0 Å². The summed E-state index contributed by atoms with van der Waals surface area (Å²) in [4.78, 5) is 23.3. The Bertz CT molecular complexity index is 351. The fourth-order valence-corrected chi connectivity index (χ4v) is 3.71. The second kappa shape index (κ2) is 8.51. The molecule has 122 valence electrons. The van der Waals surface area contributed by atoms with E-state index in [1.54, 1.807) is 11.8 Å². The smallest absolute Gasteiger partial charge is 0.315 e. The lowest BCUT2D eigenvalue weighted by molar-refractivity contribution is -0.143. The van der Waals surface area contributed by atoms with Gasteiger partial charge in [0, 0.05) is 17.3 Å². The first-order valence-corrected chi connectivity index (χ1v) is 9.02. The molecule has 0 aromatic carbocycles. The van der Waals surface area contributed by atoms with Crippen molar-refractivity contribution in [3.63, 3.8) is 0 Å². The highest BCUT2D eigenvalue weighted by atomic mass is 32.2. The van der Waals surface area contributed by atoms with Crippen molar-refractivity contribution >= 4 is 23.8 Å². The Hall–Kier alpha value is -0.910. The number of carboxylic acid groups (broad SMARTS) is 1. The highest BCUT2D eigenvalue weighted by molar-refractivity contribution is 8.00. The highest BCUT2D eigenvalue weighted by Gasteiger charge is 2.32. The molecule has 1 fully saturated rings. The van der Waals surface area contributed by atoms with Gasteiger partial charge in [-0.15, -0.1) is 0 Å². The summed E-state index contributed by atoms with van der Waals surface area (Å²) < 4.78 is 0.0656. The molecule has 0 heterocycles. The maximum atomic E-state index is 12.0. The number of carbonyl (C=O) groups is 2. The van der Waals surface area contributed by atoms with Gasteiger partial charge in [0.15, 0.2) is 0 Å². The van der Waals surface area contributed by atoms with Crippen LogP contribution in [0.5, 0.6) is 0 Å². The van der Waals surface area contributed by atoms with Crippen molar-refractivity contribution < 1.29 is 14.7 Å². The Morgan fingerprint density at radius 3 is 2.38 bits per heavy atom. The summed E-state index contributed by atoms with van der Waals surface area (Å²) in [6, 6.07) is -0.489. The number of aliphatic carboxylic acids is 1. The van der Waals surface area contributed by atoms with Crippen LogP contribution in [0.25, 0.3) is 0 Å². The van der Waals surface area contributed by atoms with E-state index < -0.39 is 11.9 Å². The van der Waals surface area contributed by atoms with E-state index in [4.69, 9.17) is 0 Å². The molecule has 0 saturated heterocycles. The molecule has 1 aliphatic rings. The van der Waals surface area contributed by atoms with Gasteiger partial charge in [0.05, 0.1) is 5.92 Å². The quantitative estimate of drug-likeness (QED) is 0.675. The number of hydrogen-bond donors (Lipinski definition) is 3. The van der Waals surface area contributed by atoms with E-state index in [1.165, 1.54) is 0 Å². The molecule has 21 heavy (non-hydrogen) atoms. The lowest BCUT2D eigenvalue weighted by Crippen LogP contribution is -2.51. The van der Waals surface area contributed by atoms with Gasteiger partial charge in [-0.05, 0) is 31.9 Å². The molecule has 0 bridgehead atoms. The maximum Gasteiger partial charge on any atom is 0.315 e. The third-order valence-electron chi connectivity index (χ3n) is 4.69. The van der Waals surface area contributed by atoms with Crippen molar-refractivity contribution in [3.8, 4) is 0 Å². The predicted octanol–water partition coefficient (Wildman–Crippen LogP) is 2.85. The lowest BCUT2D eigenvalue weighted by Gasteiger charge is -2.32. The molecule has 2 amide bonds. The van der Waals surface area contributed by atoms with E-state index >= 15 is 0 Å². The zero-order valence-electron chi connectivity index (χ0n) is 13.3. The molecule has 3 N–H and O–H groups in total. The number of urea groups is 1. The molecule has 1 saturated carbocycles. The fourth-order valence-electron chi connectivity index (χ4n) is 2.92. The first kappa shape index (κ1) is 18.1. The van der Waals surface area contributed by atoms with Gasteiger partial charge in [0.1, 0.15) is 0 Å². The van der Waals surface area contributed by atoms with E-state index in [-0.39, 0.29) is 16.8 Å². The normalized spacial score (nSPS) is 22.6. The monoisotopic (exact) mass is 316 g/mol. The Morgan fingerprint density at radius 2 is 1.86 bits per heavy atom. The van der Waals surface area contributed by atoms with Crippen LogP contribution in [-0.4, -0.2) is 40.7 Å². The molecule has 0 radical (unpaired) electrons. The van der Waals surface area contributed by atoms with Gasteiger partial charge in [0.25, 0.3) is 0 Å². The third kappa shape index (κ3) is 5.09. The van der Waals surface area contributed by atoms with E-state index in [2.05, 4.69) is 30.7 Å². The number of carboxylic acids is 1. The standard InChI is InChI=1S/C15H28N2O3S/c1-4-15(5-2,21-3)10-16-14(20)17-12-9-7-6-8-11(12)13(18)19/h11-12H,4-10H2,1-3H3,(H,18,19)(H2,16,17,20). The number of carbonyl (C=O) groups excluding carboxylic acids is 1. The molecule has 0 spiro atoms. The average molecular weight is 316 g/mol. The Kier molecular flexibility index (Phi) is 7.35. The van der Waals surface area contributed by atoms with Crippen LogP contribution in [0.15, 0.2) is 0 Å². The van der Waals surface area contributed by atoms with E-state index in [0.29, 0.717) is 13.0 Å². The lowest BCUT2D eigenvalue weighted by atomic mass is 9.84. The van der Waals surface area contributed by atoms with Crippen molar-refractivity contribution in [2.75, 3.05) is 12.8 Å². The van der Waals surface area contributed by atoms with E-state index in [1.807, 2.05) is 0 Å². The highest BCUT2D eigenvalue weighted by Crippen LogP contribution is 2.29. The largest absolute Gasteiger partial charge is 0.481 e. The molecule has 1 rings (SSSR count). The summed E-state index contributed by atoms with van der Waals surface area (Å²) in [6.45, 7) is 4.86. The number of nitrogens with one attached hydrogen (secondary N) is 2. The van der Waals surface area contributed by atoms with Crippen LogP contribution in [0.2, 0.25) is 0 Å². The van der Waals surface area contributed by atoms with Crippen LogP contribution < -0.4 is 10.6 Å². The molecule has 6 heteroatoms. The summed E-state index contributed by atoms with van der Waals surface area (Å²) in [6.07, 6.45) is 7.36. The van der Waals surface area contributed by atoms with Gasteiger partial charge < -0.3 is 15.7 Å². The number of rotatable bonds is 7. The first-order chi connectivity index (χ1) is 9.98. The second-order valence-corrected chi connectivity index (χ2v) is 7.03. The van der Waals surface area contributed by atoms with E-state index in [0.717, 1.165) is 32.1 Å². The Balaban J connectivity index is 2.50. The van der Waals surface area contributed by atoms with Gasteiger partial charge in [-0.25, -0.2) is 4.79 Å². The van der Waals surface area contributed by atoms with Crippen molar-refractivity contribution in [2.24, 2.45) is 5.92 Å². The zero-order valence-corrected chi connectivity index (χ0v) is 14.1. The van der Waals surface area contributed by atoms with E-state index in [9.17, 15) is 14.7 Å². The van der Waals surface area contributed by atoms with Crippen molar-refractivity contribution in [2.45, 2.75) is 63.2 Å². The summed E-state index contributed by atoms with van der Waals surface area (Å²) in [5.41, 5.74) is 0. The van der Waals surface area contributed by atoms with Gasteiger partial charge in [-0.1, -0.05) is 26.7 Å². The average Bonchev–Trinajstić information content (AvgIpc) is 2.49. The zero-order chi connectivity index (χ0) is 15.9. The van der Waals surface area contributed by atoms with Crippen molar-refractivity contribution in [3.05, 3.63) is 0 Å². The minimum Gasteiger partial charge on any atom is -0.481 e. The summed E-state index contributed by atoms with van der Waals surface area (Å²) in [5, 5.41) is 15.0. The SMILES string of the molecule is CCC(CC)(CNC(=O)NC1CCCCC1C(=O)O)SC. The first-order valence-electron chi connectivity index (χ1n) is 7.80.